The number of anilines is 1. The van der Waals surface area contributed by atoms with Crippen LogP contribution in [-0.2, 0) is 4.79 Å². The van der Waals surface area contributed by atoms with Gasteiger partial charge in [-0.15, -0.1) is 0 Å². The monoisotopic (exact) mass is 431 g/mol. The van der Waals surface area contributed by atoms with Crippen molar-refractivity contribution in [2.24, 2.45) is 5.73 Å². The highest BCUT2D eigenvalue weighted by Crippen LogP contribution is 2.41. The van der Waals surface area contributed by atoms with E-state index in [1.165, 1.54) is 6.42 Å². The molecule has 31 heavy (non-hydrogen) atoms. The van der Waals surface area contributed by atoms with E-state index in [9.17, 15) is 14.7 Å². The molecule has 7 heteroatoms. The molecule has 172 valence electrons. The number of nitrogens with zero attached hydrogens (tertiary/aromatic N) is 2. The summed E-state index contributed by atoms with van der Waals surface area (Å²) in [6, 6.07) is 3.98. The number of benzene rings is 1. The number of hydrogen-bond donors (Lipinski definition) is 2. The molecule has 3 N–H and O–H groups in total. The van der Waals surface area contributed by atoms with Crippen molar-refractivity contribution in [3.05, 3.63) is 23.3 Å². The second-order valence-corrected chi connectivity index (χ2v) is 9.28. The predicted octanol–water partition coefficient (Wildman–Crippen LogP) is 3.00. The molecule has 1 fully saturated rings. The molecule has 1 aromatic carbocycles. The van der Waals surface area contributed by atoms with Crippen LogP contribution >= 0.6 is 0 Å². The number of aliphatic hydroxyl groups is 1. The van der Waals surface area contributed by atoms with Crippen molar-refractivity contribution in [2.45, 2.75) is 83.9 Å². The van der Waals surface area contributed by atoms with Crippen molar-refractivity contribution in [2.75, 3.05) is 24.6 Å². The molecule has 0 bridgehead atoms. The van der Waals surface area contributed by atoms with Gasteiger partial charge in [0.1, 0.15) is 5.75 Å². The smallest absolute Gasteiger partial charge is 0.271 e. The maximum absolute atomic E-state index is 13.7. The lowest BCUT2D eigenvalue weighted by Gasteiger charge is -2.41. The van der Waals surface area contributed by atoms with E-state index in [0.29, 0.717) is 23.5 Å². The second kappa shape index (κ2) is 9.57. The zero-order chi connectivity index (χ0) is 22.8. The van der Waals surface area contributed by atoms with Crippen LogP contribution in [0.2, 0.25) is 0 Å². The molecule has 1 aromatic rings. The molecule has 1 heterocycles. The Kier molecular flexibility index (Phi) is 7.27. The van der Waals surface area contributed by atoms with Crippen LogP contribution < -0.4 is 15.4 Å². The fourth-order valence-corrected chi connectivity index (χ4v) is 4.92. The Morgan fingerprint density at radius 3 is 2.58 bits per heavy atom. The fraction of sp³-hybridized carbons (Fsp3) is 0.667. The second-order valence-electron chi connectivity index (χ2n) is 9.28. The molecule has 1 saturated carbocycles. The van der Waals surface area contributed by atoms with Crippen LogP contribution in [0.3, 0.4) is 0 Å². The molecule has 0 saturated heterocycles. The van der Waals surface area contributed by atoms with Gasteiger partial charge < -0.3 is 25.4 Å². The van der Waals surface area contributed by atoms with Crippen molar-refractivity contribution in [3.63, 3.8) is 0 Å². The lowest BCUT2D eigenvalue weighted by atomic mass is 9.92. The van der Waals surface area contributed by atoms with E-state index in [0.717, 1.165) is 31.2 Å². The topological polar surface area (TPSA) is 96.1 Å². The molecule has 3 rings (SSSR count). The molecule has 0 radical (unpaired) electrons. The highest BCUT2D eigenvalue weighted by Gasteiger charge is 2.44. The summed E-state index contributed by atoms with van der Waals surface area (Å²) in [5.41, 5.74) is 6.64. The van der Waals surface area contributed by atoms with Gasteiger partial charge in [0.2, 0.25) is 0 Å². The lowest BCUT2D eigenvalue weighted by molar-refractivity contribution is -0.135. The van der Waals surface area contributed by atoms with Crippen LogP contribution in [0, 0.1) is 6.92 Å². The zero-order valence-corrected chi connectivity index (χ0v) is 19.3. The lowest BCUT2D eigenvalue weighted by Crippen LogP contribution is -2.56. The normalized spacial score (nSPS) is 21.8. The SMILES string of the molecule is Cc1cc2c(cc1C(=O)N(C(C)C)C1CCCCC1)N(CCN)C(=O)C(C)(CCO)O2. The number of aryl methyl sites for hydroxylation is 1. The minimum absolute atomic E-state index is 0.00559. The summed E-state index contributed by atoms with van der Waals surface area (Å²) in [7, 11) is 0. The van der Waals surface area contributed by atoms with Crippen LogP contribution in [-0.4, -0.2) is 59.2 Å². The molecule has 0 aromatic heterocycles. The van der Waals surface area contributed by atoms with Crippen molar-refractivity contribution < 1.29 is 19.4 Å². The van der Waals surface area contributed by atoms with Crippen molar-refractivity contribution >= 4 is 17.5 Å². The average molecular weight is 432 g/mol. The first kappa shape index (κ1) is 23.5. The molecule has 0 spiro atoms. The summed E-state index contributed by atoms with van der Waals surface area (Å²) in [6.07, 6.45) is 5.80. The molecule has 1 aliphatic heterocycles. The van der Waals surface area contributed by atoms with Gasteiger partial charge in [-0.1, -0.05) is 19.3 Å². The van der Waals surface area contributed by atoms with Gasteiger partial charge in [-0.05, 0) is 58.2 Å². The predicted molar refractivity (Wildman–Crippen MR) is 122 cm³/mol. The number of aliphatic hydroxyl groups excluding tert-OH is 1. The number of carbonyl (C=O) groups is 2. The van der Waals surface area contributed by atoms with E-state index in [1.54, 1.807) is 17.9 Å². The van der Waals surface area contributed by atoms with Crippen LogP contribution in [0.1, 0.15) is 75.2 Å². The standard InChI is InChI=1S/C24H37N3O4/c1-16(2)27(18-8-6-5-7-9-18)22(29)19-15-20-21(14-17(19)3)31-24(4,10-13-28)23(30)26(20)12-11-25/h14-16,18,28H,5-13,25H2,1-4H3. The van der Waals surface area contributed by atoms with Crippen LogP contribution in [0.25, 0.3) is 0 Å². The summed E-state index contributed by atoms with van der Waals surface area (Å²) in [6.45, 7) is 8.18. The van der Waals surface area contributed by atoms with Gasteiger partial charge in [0, 0.05) is 43.8 Å². The third-order valence-corrected chi connectivity index (χ3v) is 6.56. The van der Waals surface area contributed by atoms with Gasteiger partial charge >= 0.3 is 0 Å². The first-order chi connectivity index (χ1) is 14.7. The molecular weight excluding hydrogens is 394 g/mol. The maximum atomic E-state index is 13.7. The number of nitrogens with two attached hydrogens (primary N) is 1. The fourth-order valence-electron chi connectivity index (χ4n) is 4.92. The van der Waals surface area contributed by atoms with Gasteiger partial charge in [-0.3, -0.25) is 9.59 Å². The molecule has 2 aliphatic rings. The molecule has 1 unspecified atom stereocenters. The molecule has 7 nitrogen and oxygen atoms in total. The third kappa shape index (κ3) is 4.58. The zero-order valence-electron chi connectivity index (χ0n) is 19.3. The number of amides is 2. The van der Waals surface area contributed by atoms with Gasteiger partial charge in [-0.25, -0.2) is 0 Å². The number of carbonyl (C=O) groups excluding carboxylic acids is 2. The van der Waals surface area contributed by atoms with E-state index in [2.05, 4.69) is 13.8 Å². The van der Waals surface area contributed by atoms with Crippen LogP contribution in [0.4, 0.5) is 5.69 Å². The minimum atomic E-state index is -1.15. The van der Waals surface area contributed by atoms with Crippen LogP contribution in [0.5, 0.6) is 5.75 Å². The van der Waals surface area contributed by atoms with Crippen molar-refractivity contribution in [3.8, 4) is 5.75 Å². The Balaban J connectivity index is 2.02. The molecule has 1 atom stereocenters. The molecule has 1 aliphatic carbocycles. The highest BCUT2D eigenvalue weighted by molar-refractivity contribution is 6.05. The summed E-state index contributed by atoms with van der Waals surface area (Å²) in [4.78, 5) is 30.5. The molecule has 2 amide bonds. The first-order valence-electron chi connectivity index (χ1n) is 11.5. The quantitative estimate of drug-likeness (QED) is 0.692. The van der Waals surface area contributed by atoms with Crippen molar-refractivity contribution in [1.82, 2.24) is 4.90 Å². The summed E-state index contributed by atoms with van der Waals surface area (Å²) >= 11 is 0. The van der Waals surface area contributed by atoms with Gasteiger partial charge in [0.25, 0.3) is 11.8 Å². The Labute approximate surface area is 185 Å². The number of ether oxygens (including phenoxy) is 1. The third-order valence-electron chi connectivity index (χ3n) is 6.56. The number of rotatable bonds is 7. The summed E-state index contributed by atoms with van der Waals surface area (Å²) in [5, 5.41) is 9.45. The Morgan fingerprint density at radius 1 is 1.32 bits per heavy atom. The number of hydrogen-bond acceptors (Lipinski definition) is 5. The van der Waals surface area contributed by atoms with Crippen molar-refractivity contribution in [1.29, 1.82) is 0 Å². The Hall–Kier alpha value is -2.12. The van der Waals surface area contributed by atoms with E-state index in [-0.39, 0.29) is 43.5 Å². The minimum Gasteiger partial charge on any atom is -0.475 e. The molecular formula is C24H37N3O4. The largest absolute Gasteiger partial charge is 0.475 e. The summed E-state index contributed by atoms with van der Waals surface area (Å²) in [5.74, 6) is 0.313. The summed E-state index contributed by atoms with van der Waals surface area (Å²) < 4.78 is 6.07. The first-order valence-corrected chi connectivity index (χ1v) is 11.5. The van der Waals surface area contributed by atoms with E-state index in [4.69, 9.17) is 10.5 Å². The highest BCUT2D eigenvalue weighted by atomic mass is 16.5. The van der Waals surface area contributed by atoms with Gasteiger partial charge in [0.05, 0.1) is 5.69 Å². The van der Waals surface area contributed by atoms with E-state index in [1.807, 2.05) is 17.9 Å². The number of fused-ring (bicyclic) bond motifs is 1. The van der Waals surface area contributed by atoms with Crippen LogP contribution in [0.15, 0.2) is 12.1 Å². The maximum Gasteiger partial charge on any atom is 0.271 e. The van der Waals surface area contributed by atoms with Gasteiger partial charge in [0.15, 0.2) is 5.60 Å². The van der Waals surface area contributed by atoms with Gasteiger partial charge in [-0.2, -0.15) is 0 Å². The van der Waals surface area contributed by atoms with E-state index >= 15 is 0 Å². The Morgan fingerprint density at radius 2 is 2.00 bits per heavy atom. The average Bonchev–Trinajstić information content (AvgIpc) is 2.72. The van der Waals surface area contributed by atoms with E-state index < -0.39 is 5.60 Å². The Bertz CT molecular complexity index is 819.